The quantitative estimate of drug-likeness (QED) is 0.598. The van der Waals surface area contributed by atoms with E-state index in [0.29, 0.717) is 38.3 Å². The number of carbonyl (C=O) groups is 3. The number of hydrogen-bond acceptors (Lipinski definition) is 3. The molecule has 2 atom stereocenters. The van der Waals surface area contributed by atoms with E-state index in [1.54, 1.807) is 0 Å². The molecule has 0 spiro atoms. The maximum absolute atomic E-state index is 12.0. The van der Waals surface area contributed by atoms with Crippen LogP contribution in [-0.4, -0.2) is 36.0 Å². The monoisotopic (exact) mass is 298 g/mol. The lowest BCUT2D eigenvalue weighted by molar-refractivity contribution is -0.137. The molecule has 1 aliphatic heterocycles. The number of amides is 2. The minimum Gasteiger partial charge on any atom is -0.481 e. The van der Waals surface area contributed by atoms with Gasteiger partial charge in [0.1, 0.15) is 0 Å². The van der Waals surface area contributed by atoms with Crippen molar-refractivity contribution >= 4 is 17.8 Å². The molecule has 1 heterocycles. The zero-order chi connectivity index (χ0) is 15.7. The van der Waals surface area contributed by atoms with Crippen molar-refractivity contribution < 1.29 is 19.5 Å². The van der Waals surface area contributed by atoms with Crippen molar-refractivity contribution in [1.29, 1.82) is 0 Å². The normalized spacial score (nSPS) is 19.7. The number of carboxylic acid groups (broad SMARTS) is 1. The van der Waals surface area contributed by atoms with Crippen LogP contribution in [0.1, 0.15) is 51.9 Å². The van der Waals surface area contributed by atoms with Gasteiger partial charge >= 0.3 is 5.97 Å². The number of piperidine rings is 1. The molecule has 0 aliphatic carbocycles. The summed E-state index contributed by atoms with van der Waals surface area (Å²) in [6.07, 6.45) is 4.69. The molecule has 1 fully saturated rings. The average Bonchev–Trinajstić information content (AvgIpc) is 2.45. The molecule has 0 aromatic rings. The Balaban J connectivity index is 2.24. The zero-order valence-corrected chi connectivity index (χ0v) is 12.7. The molecule has 0 aromatic heterocycles. The van der Waals surface area contributed by atoms with E-state index in [9.17, 15) is 14.4 Å². The Kier molecular flexibility index (Phi) is 7.79. The van der Waals surface area contributed by atoms with E-state index >= 15 is 0 Å². The summed E-state index contributed by atoms with van der Waals surface area (Å²) >= 11 is 0. The number of nitrogens with one attached hydrogen (secondary N) is 2. The van der Waals surface area contributed by atoms with Crippen LogP contribution in [-0.2, 0) is 14.4 Å². The molecule has 1 saturated heterocycles. The van der Waals surface area contributed by atoms with Gasteiger partial charge in [-0.05, 0) is 25.2 Å². The molecule has 0 radical (unpaired) electrons. The summed E-state index contributed by atoms with van der Waals surface area (Å²) in [5.74, 6) is -0.555. The highest BCUT2D eigenvalue weighted by Gasteiger charge is 2.24. The van der Waals surface area contributed by atoms with Crippen molar-refractivity contribution in [1.82, 2.24) is 10.6 Å². The summed E-state index contributed by atoms with van der Waals surface area (Å²) in [6, 6.07) is 0. The van der Waals surface area contributed by atoms with Crippen LogP contribution in [0.25, 0.3) is 0 Å². The number of carboxylic acids is 1. The minimum absolute atomic E-state index is 0.00994. The van der Waals surface area contributed by atoms with Gasteiger partial charge in [0.05, 0.1) is 5.92 Å². The largest absolute Gasteiger partial charge is 0.481 e. The molecule has 120 valence electrons. The third kappa shape index (κ3) is 7.11. The molecule has 2 unspecified atom stereocenters. The second kappa shape index (κ2) is 9.37. The highest BCUT2D eigenvalue weighted by atomic mass is 16.4. The van der Waals surface area contributed by atoms with Crippen molar-refractivity contribution in [2.45, 2.75) is 51.9 Å². The minimum atomic E-state index is -0.766. The molecule has 6 nitrogen and oxygen atoms in total. The summed E-state index contributed by atoms with van der Waals surface area (Å²) < 4.78 is 0. The Hall–Kier alpha value is -1.59. The van der Waals surface area contributed by atoms with Gasteiger partial charge in [0.2, 0.25) is 11.8 Å². The molecule has 2 amide bonds. The van der Waals surface area contributed by atoms with Crippen LogP contribution in [0.4, 0.5) is 0 Å². The summed E-state index contributed by atoms with van der Waals surface area (Å²) in [5, 5.41) is 14.3. The summed E-state index contributed by atoms with van der Waals surface area (Å²) in [7, 11) is 0. The Labute approximate surface area is 125 Å². The molecular weight excluding hydrogens is 272 g/mol. The lowest BCUT2D eigenvalue weighted by Crippen LogP contribution is -2.43. The van der Waals surface area contributed by atoms with Gasteiger partial charge in [-0.3, -0.25) is 14.4 Å². The third-order valence-corrected chi connectivity index (χ3v) is 3.95. The summed E-state index contributed by atoms with van der Waals surface area (Å²) in [5.41, 5.74) is 0. The summed E-state index contributed by atoms with van der Waals surface area (Å²) in [6.45, 7) is 3.08. The molecule has 3 N–H and O–H groups in total. The predicted octanol–water partition coefficient (Wildman–Crippen LogP) is 1.30. The van der Waals surface area contributed by atoms with Crippen LogP contribution in [0.3, 0.4) is 0 Å². The molecule has 1 rings (SSSR count). The molecule has 6 heteroatoms. The molecule has 0 bridgehead atoms. The van der Waals surface area contributed by atoms with E-state index in [1.165, 1.54) is 0 Å². The lowest BCUT2D eigenvalue weighted by atomic mass is 9.94. The highest BCUT2D eigenvalue weighted by Crippen LogP contribution is 2.17. The molecular formula is C15H26N2O4. The molecule has 0 aromatic carbocycles. The Bertz CT molecular complexity index is 361. The number of rotatable bonds is 9. The van der Waals surface area contributed by atoms with Crippen molar-refractivity contribution in [2.24, 2.45) is 11.8 Å². The SMILES string of the molecule is CCCC(CCNC(=O)C1CCC(=O)NC1)CCC(=O)O. The van der Waals surface area contributed by atoms with Crippen LogP contribution >= 0.6 is 0 Å². The van der Waals surface area contributed by atoms with Crippen LogP contribution < -0.4 is 10.6 Å². The van der Waals surface area contributed by atoms with Crippen LogP contribution in [0.5, 0.6) is 0 Å². The predicted molar refractivity (Wildman–Crippen MR) is 78.6 cm³/mol. The van der Waals surface area contributed by atoms with Gasteiger partial charge in [-0.15, -0.1) is 0 Å². The van der Waals surface area contributed by atoms with E-state index in [2.05, 4.69) is 17.6 Å². The fourth-order valence-corrected chi connectivity index (χ4v) is 2.67. The fraction of sp³-hybridized carbons (Fsp3) is 0.800. The smallest absolute Gasteiger partial charge is 0.303 e. The van der Waals surface area contributed by atoms with E-state index in [4.69, 9.17) is 5.11 Å². The maximum Gasteiger partial charge on any atom is 0.303 e. The van der Waals surface area contributed by atoms with Gasteiger partial charge in [-0.25, -0.2) is 0 Å². The van der Waals surface area contributed by atoms with E-state index in [1.807, 2.05) is 0 Å². The van der Waals surface area contributed by atoms with Crippen LogP contribution in [0.2, 0.25) is 0 Å². The van der Waals surface area contributed by atoms with Crippen LogP contribution in [0.15, 0.2) is 0 Å². The van der Waals surface area contributed by atoms with Gasteiger partial charge in [0.15, 0.2) is 0 Å². The Morgan fingerprint density at radius 2 is 2.14 bits per heavy atom. The van der Waals surface area contributed by atoms with Gasteiger partial charge < -0.3 is 15.7 Å². The second-order valence-corrected chi connectivity index (χ2v) is 5.71. The van der Waals surface area contributed by atoms with Crippen molar-refractivity contribution in [2.75, 3.05) is 13.1 Å². The zero-order valence-electron chi connectivity index (χ0n) is 12.7. The van der Waals surface area contributed by atoms with Crippen molar-refractivity contribution in [3.05, 3.63) is 0 Å². The van der Waals surface area contributed by atoms with E-state index < -0.39 is 5.97 Å². The highest BCUT2D eigenvalue weighted by molar-refractivity contribution is 5.83. The van der Waals surface area contributed by atoms with Gasteiger partial charge in [0, 0.05) is 25.9 Å². The van der Waals surface area contributed by atoms with Crippen molar-refractivity contribution in [3.63, 3.8) is 0 Å². The lowest BCUT2D eigenvalue weighted by Gasteiger charge is -2.22. The van der Waals surface area contributed by atoms with Crippen LogP contribution in [0, 0.1) is 11.8 Å². The molecule has 1 aliphatic rings. The first-order valence-corrected chi connectivity index (χ1v) is 7.79. The first-order valence-electron chi connectivity index (χ1n) is 7.79. The standard InChI is InChI=1S/C15H26N2O4/c1-2-3-11(4-7-14(19)20)8-9-16-15(21)12-5-6-13(18)17-10-12/h11-12H,2-10H2,1H3,(H,16,21)(H,17,18)(H,19,20). The fourth-order valence-electron chi connectivity index (χ4n) is 2.67. The third-order valence-electron chi connectivity index (χ3n) is 3.95. The average molecular weight is 298 g/mol. The Morgan fingerprint density at radius 3 is 2.71 bits per heavy atom. The number of carbonyl (C=O) groups excluding carboxylic acids is 2. The molecule has 0 saturated carbocycles. The number of aliphatic carboxylic acids is 1. The van der Waals surface area contributed by atoms with Gasteiger partial charge in [0.25, 0.3) is 0 Å². The van der Waals surface area contributed by atoms with Gasteiger partial charge in [-0.1, -0.05) is 19.8 Å². The second-order valence-electron chi connectivity index (χ2n) is 5.71. The topological polar surface area (TPSA) is 95.5 Å². The van der Waals surface area contributed by atoms with E-state index in [-0.39, 0.29) is 24.2 Å². The van der Waals surface area contributed by atoms with Crippen molar-refractivity contribution in [3.8, 4) is 0 Å². The first kappa shape index (κ1) is 17.5. The first-order chi connectivity index (χ1) is 10.0. The Morgan fingerprint density at radius 1 is 1.38 bits per heavy atom. The maximum atomic E-state index is 12.0. The van der Waals surface area contributed by atoms with Gasteiger partial charge in [-0.2, -0.15) is 0 Å². The number of hydrogen-bond donors (Lipinski definition) is 3. The molecule has 21 heavy (non-hydrogen) atoms. The van der Waals surface area contributed by atoms with E-state index in [0.717, 1.165) is 19.3 Å². The summed E-state index contributed by atoms with van der Waals surface area (Å²) in [4.78, 5) is 33.6.